The number of fused-ring (bicyclic) bond motifs is 2. The number of rotatable bonds is 3. The van der Waals surface area contributed by atoms with Gasteiger partial charge in [0.2, 0.25) is 5.91 Å². The number of anilines is 1. The Hall–Kier alpha value is -2.45. The number of carbonyl (C=O) groups is 2. The number of pyridine rings is 1. The van der Waals surface area contributed by atoms with E-state index >= 15 is 0 Å². The molecule has 0 saturated heterocycles. The number of thiophene rings is 2. The Bertz CT molecular complexity index is 1020. The third kappa shape index (κ3) is 2.40. The van der Waals surface area contributed by atoms with Gasteiger partial charge in [-0.15, -0.1) is 22.7 Å². The number of likely N-dealkylation sites (N-methyl/N-ethyl adjacent to an activating group) is 1. The van der Waals surface area contributed by atoms with Gasteiger partial charge in [0.1, 0.15) is 9.71 Å². The van der Waals surface area contributed by atoms with Crippen molar-refractivity contribution in [2.75, 3.05) is 19.8 Å². The molecule has 6 nitrogen and oxygen atoms in total. The Kier molecular flexibility index (Phi) is 4.16. The number of nitrogens with one attached hydrogen (secondary N) is 2. The number of amides is 2. The minimum absolute atomic E-state index is 0.0243. The van der Waals surface area contributed by atoms with Crippen LogP contribution in [0.25, 0.3) is 20.7 Å². The molecular weight excluding hydrogens is 368 g/mol. The minimum Gasteiger partial charge on any atom is -0.397 e. The van der Waals surface area contributed by atoms with Gasteiger partial charge in [-0.05, 0) is 29.9 Å². The summed E-state index contributed by atoms with van der Waals surface area (Å²) in [5, 5.41) is 8.21. The first-order valence-corrected chi connectivity index (χ1v) is 9.98. The third-order valence-corrected chi connectivity index (χ3v) is 6.77. The van der Waals surface area contributed by atoms with Crippen LogP contribution in [0, 0.1) is 0 Å². The highest BCUT2D eigenvalue weighted by molar-refractivity contribution is 7.21. The van der Waals surface area contributed by atoms with Crippen molar-refractivity contribution >= 4 is 50.4 Å². The summed E-state index contributed by atoms with van der Waals surface area (Å²) >= 11 is 2.90. The van der Waals surface area contributed by atoms with Crippen LogP contribution in [0.5, 0.6) is 0 Å². The van der Waals surface area contributed by atoms with E-state index in [0.717, 1.165) is 39.9 Å². The zero-order valence-corrected chi connectivity index (χ0v) is 16.0. The van der Waals surface area contributed by atoms with Gasteiger partial charge < -0.3 is 16.4 Å². The fraction of sp³-hybridized carbons (Fsp3) is 0.278. The quantitative estimate of drug-likeness (QED) is 0.645. The summed E-state index contributed by atoms with van der Waals surface area (Å²) in [5.74, 6) is -0.501. The number of nitrogen functional groups attached to an aromatic ring is 1. The van der Waals surface area contributed by atoms with Crippen LogP contribution in [0.1, 0.15) is 33.3 Å². The number of nitrogens with zero attached hydrogens (tertiary/aromatic N) is 1. The molecule has 0 aliphatic heterocycles. The largest absolute Gasteiger partial charge is 0.397 e. The fourth-order valence-corrected chi connectivity index (χ4v) is 5.44. The number of carbonyl (C=O) groups excluding carboxylic acids is 2. The second kappa shape index (κ2) is 6.37. The Morgan fingerprint density at radius 2 is 2.12 bits per heavy atom. The SMILES string of the molecule is CNC(=O)c1sc2nc3c(c(-c4cccs4)c2c1N)CCC3C(=O)NC. The number of hydrogen-bond acceptors (Lipinski definition) is 6. The lowest BCUT2D eigenvalue weighted by Crippen LogP contribution is -2.24. The molecule has 2 amide bonds. The highest BCUT2D eigenvalue weighted by Crippen LogP contribution is 2.47. The molecule has 3 heterocycles. The molecule has 4 rings (SSSR count). The minimum atomic E-state index is -0.259. The van der Waals surface area contributed by atoms with Crippen LogP contribution >= 0.6 is 22.7 Å². The first-order chi connectivity index (χ1) is 12.6. The van der Waals surface area contributed by atoms with E-state index in [1.807, 2.05) is 17.5 Å². The maximum Gasteiger partial charge on any atom is 0.263 e. The highest BCUT2D eigenvalue weighted by atomic mass is 32.1. The van der Waals surface area contributed by atoms with E-state index in [1.165, 1.54) is 11.3 Å². The number of aromatic nitrogens is 1. The normalized spacial score (nSPS) is 15.8. The first kappa shape index (κ1) is 17.0. The summed E-state index contributed by atoms with van der Waals surface area (Å²) in [6.45, 7) is 0. The zero-order valence-electron chi connectivity index (χ0n) is 14.4. The molecular formula is C18H18N4O2S2. The van der Waals surface area contributed by atoms with Crippen molar-refractivity contribution in [2.45, 2.75) is 18.8 Å². The molecule has 1 aliphatic carbocycles. The summed E-state index contributed by atoms with van der Waals surface area (Å²) in [7, 11) is 3.23. The van der Waals surface area contributed by atoms with Gasteiger partial charge in [-0.3, -0.25) is 9.59 Å². The van der Waals surface area contributed by atoms with Gasteiger partial charge in [0.05, 0.1) is 17.3 Å². The molecule has 0 radical (unpaired) electrons. The van der Waals surface area contributed by atoms with Crippen molar-refractivity contribution in [1.82, 2.24) is 15.6 Å². The van der Waals surface area contributed by atoms with E-state index in [4.69, 9.17) is 10.7 Å². The average molecular weight is 387 g/mol. The predicted octanol–water partition coefficient (Wildman–Crippen LogP) is 2.74. The molecule has 0 aromatic carbocycles. The third-order valence-electron chi connectivity index (χ3n) is 4.79. The molecule has 1 atom stereocenters. The van der Waals surface area contributed by atoms with Crippen LogP contribution in [-0.2, 0) is 11.2 Å². The lowest BCUT2D eigenvalue weighted by atomic mass is 10.00. The maximum absolute atomic E-state index is 12.3. The van der Waals surface area contributed by atoms with Crippen molar-refractivity contribution in [3.05, 3.63) is 33.6 Å². The molecule has 0 fully saturated rings. The van der Waals surface area contributed by atoms with E-state index in [1.54, 1.807) is 25.4 Å². The average Bonchev–Trinajstić information content (AvgIpc) is 3.38. The zero-order chi connectivity index (χ0) is 18.4. The van der Waals surface area contributed by atoms with Crippen LogP contribution in [-0.4, -0.2) is 30.9 Å². The van der Waals surface area contributed by atoms with Gasteiger partial charge in [0.15, 0.2) is 0 Å². The molecule has 134 valence electrons. The molecule has 1 aliphatic rings. The van der Waals surface area contributed by atoms with E-state index in [2.05, 4.69) is 10.6 Å². The lowest BCUT2D eigenvalue weighted by Gasteiger charge is -2.12. The lowest BCUT2D eigenvalue weighted by molar-refractivity contribution is -0.122. The maximum atomic E-state index is 12.3. The Morgan fingerprint density at radius 3 is 2.77 bits per heavy atom. The Labute approximate surface area is 158 Å². The van der Waals surface area contributed by atoms with Gasteiger partial charge in [-0.25, -0.2) is 4.98 Å². The highest BCUT2D eigenvalue weighted by Gasteiger charge is 2.34. The summed E-state index contributed by atoms with van der Waals surface area (Å²) in [6, 6.07) is 4.04. The molecule has 26 heavy (non-hydrogen) atoms. The Morgan fingerprint density at radius 1 is 1.31 bits per heavy atom. The van der Waals surface area contributed by atoms with Crippen LogP contribution in [0.4, 0.5) is 5.69 Å². The smallest absolute Gasteiger partial charge is 0.263 e. The first-order valence-electron chi connectivity index (χ1n) is 8.29. The molecule has 3 aromatic heterocycles. The van der Waals surface area contributed by atoms with Crippen LogP contribution in [0.2, 0.25) is 0 Å². The summed E-state index contributed by atoms with van der Waals surface area (Å²) in [6.07, 6.45) is 1.51. The molecule has 0 spiro atoms. The monoisotopic (exact) mass is 386 g/mol. The van der Waals surface area contributed by atoms with Crippen molar-refractivity contribution in [3.8, 4) is 10.4 Å². The van der Waals surface area contributed by atoms with Gasteiger partial charge in [0.25, 0.3) is 5.91 Å². The van der Waals surface area contributed by atoms with Gasteiger partial charge in [-0.2, -0.15) is 0 Å². The molecule has 3 aromatic rings. The van der Waals surface area contributed by atoms with E-state index in [9.17, 15) is 9.59 Å². The molecule has 4 N–H and O–H groups in total. The Balaban J connectivity index is 2.05. The molecule has 0 bridgehead atoms. The fourth-order valence-electron chi connectivity index (χ4n) is 3.58. The second-order valence-electron chi connectivity index (χ2n) is 6.14. The predicted molar refractivity (Wildman–Crippen MR) is 106 cm³/mol. The summed E-state index contributed by atoms with van der Waals surface area (Å²) < 4.78 is 0. The summed E-state index contributed by atoms with van der Waals surface area (Å²) in [4.78, 5) is 31.5. The number of hydrogen-bond donors (Lipinski definition) is 3. The standard InChI is InChI=1S/C18H18N4O2S2/c1-20-16(23)9-6-5-8-11(10-4-3-7-25-10)12-13(19)15(17(24)21-2)26-18(12)22-14(8)9/h3-4,7,9H,5-6,19H2,1-2H3,(H,20,23)(H,21,24). The van der Waals surface area contributed by atoms with Crippen LogP contribution in [0.3, 0.4) is 0 Å². The van der Waals surface area contributed by atoms with Gasteiger partial charge >= 0.3 is 0 Å². The molecule has 1 unspecified atom stereocenters. The van der Waals surface area contributed by atoms with Crippen LogP contribution in [0.15, 0.2) is 17.5 Å². The summed E-state index contributed by atoms with van der Waals surface area (Å²) in [5.41, 5.74) is 9.74. The van der Waals surface area contributed by atoms with Crippen molar-refractivity contribution in [2.24, 2.45) is 0 Å². The number of nitrogens with two attached hydrogens (primary N) is 1. The molecule has 0 saturated carbocycles. The van der Waals surface area contributed by atoms with E-state index < -0.39 is 0 Å². The van der Waals surface area contributed by atoms with Crippen LogP contribution < -0.4 is 16.4 Å². The van der Waals surface area contributed by atoms with E-state index in [0.29, 0.717) is 15.4 Å². The van der Waals surface area contributed by atoms with Crippen molar-refractivity contribution in [3.63, 3.8) is 0 Å². The van der Waals surface area contributed by atoms with Crippen molar-refractivity contribution in [1.29, 1.82) is 0 Å². The van der Waals surface area contributed by atoms with Gasteiger partial charge in [-0.1, -0.05) is 6.07 Å². The van der Waals surface area contributed by atoms with Crippen molar-refractivity contribution < 1.29 is 9.59 Å². The molecule has 8 heteroatoms. The van der Waals surface area contributed by atoms with E-state index in [-0.39, 0.29) is 17.7 Å². The second-order valence-corrected chi connectivity index (χ2v) is 8.08. The van der Waals surface area contributed by atoms with Gasteiger partial charge in [0, 0.05) is 29.9 Å². The topological polar surface area (TPSA) is 97.1 Å².